The Labute approximate surface area is 110 Å². The molecule has 0 atom stereocenters. The van der Waals surface area contributed by atoms with Gasteiger partial charge in [0.1, 0.15) is 11.4 Å². The summed E-state index contributed by atoms with van der Waals surface area (Å²) in [5.74, 6) is 0.151. The van der Waals surface area contributed by atoms with Gasteiger partial charge in [0.2, 0.25) is 0 Å². The van der Waals surface area contributed by atoms with E-state index in [1.807, 2.05) is 0 Å². The number of azo groups is 1. The van der Waals surface area contributed by atoms with E-state index in [-0.39, 0.29) is 5.75 Å². The maximum Gasteiger partial charge on any atom is 0.120 e. The number of hydrogen-bond acceptors (Lipinski definition) is 4. The van der Waals surface area contributed by atoms with Crippen molar-refractivity contribution in [3.63, 3.8) is 0 Å². The monoisotopic (exact) mass is 261 g/mol. The lowest BCUT2D eigenvalue weighted by molar-refractivity contribution is 0.471. The molecule has 0 aromatic heterocycles. The van der Waals surface area contributed by atoms with Crippen LogP contribution in [0.2, 0.25) is 5.02 Å². The standard InChI is InChI=1S/C13H12ClN3O/c1-8-6-12(11(15)7-13(8)18)17-16-10-4-2-9(14)3-5-10/h2-7,18H,15H2,1H3. The van der Waals surface area contributed by atoms with Crippen LogP contribution in [-0.2, 0) is 0 Å². The van der Waals surface area contributed by atoms with Crippen LogP contribution < -0.4 is 5.73 Å². The molecule has 0 aliphatic carbocycles. The number of hydrogen-bond donors (Lipinski definition) is 2. The minimum absolute atomic E-state index is 0.151. The third-order valence-electron chi connectivity index (χ3n) is 2.45. The molecule has 4 nitrogen and oxygen atoms in total. The number of benzene rings is 2. The van der Waals surface area contributed by atoms with Crippen LogP contribution in [0.1, 0.15) is 5.56 Å². The molecule has 0 radical (unpaired) electrons. The van der Waals surface area contributed by atoms with Crippen LogP contribution in [0.4, 0.5) is 17.1 Å². The first-order chi connectivity index (χ1) is 8.56. The van der Waals surface area contributed by atoms with Crippen LogP contribution in [0.5, 0.6) is 5.75 Å². The van der Waals surface area contributed by atoms with Gasteiger partial charge in [0.05, 0.1) is 11.4 Å². The fourth-order valence-corrected chi connectivity index (χ4v) is 1.53. The summed E-state index contributed by atoms with van der Waals surface area (Å²) in [6.07, 6.45) is 0. The van der Waals surface area contributed by atoms with Crippen LogP contribution in [0, 0.1) is 6.92 Å². The topological polar surface area (TPSA) is 71.0 Å². The molecule has 0 aliphatic rings. The first kappa shape index (κ1) is 12.4. The van der Waals surface area contributed by atoms with Crippen molar-refractivity contribution in [1.29, 1.82) is 0 Å². The molecule has 92 valence electrons. The molecule has 0 aliphatic heterocycles. The number of rotatable bonds is 2. The predicted octanol–water partition coefficient (Wildman–Crippen LogP) is 4.35. The highest BCUT2D eigenvalue weighted by molar-refractivity contribution is 6.30. The van der Waals surface area contributed by atoms with E-state index in [9.17, 15) is 5.11 Å². The average Bonchev–Trinajstić information content (AvgIpc) is 2.34. The molecular formula is C13H12ClN3O. The molecule has 0 amide bonds. The molecule has 0 bridgehead atoms. The van der Waals surface area contributed by atoms with Crippen LogP contribution in [-0.4, -0.2) is 5.11 Å². The van der Waals surface area contributed by atoms with Crippen LogP contribution in [0.25, 0.3) is 0 Å². The summed E-state index contributed by atoms with van der Waals surface area (Å²) in [5, 5.41) is 18.2. The quantitative estimate of drug-likeness (QED) is 0.623. The summed E-state index contributed by atoms with van der Waals surface area (Å²) in [4.78, 5) is 0. The Morgan fingerprint density at radius 1 is 1.11 bits per heavy atom. The number of nitrogens with zero attached hydrogens (tertiary/aromatic N) is 2. The summed E-state index contributed by atoms with van der Waals surface area (Å²) in [6, 6.07) is 10.1. The summed E-state index contributed by atoms with van der Waals surface area (Å²) in [7, 11) is 0. The lowest BCUT2D eigenvalue weighted by Crippen LogP contribution is -1.86. The zero-order valence-corrected chi connectivity index (χ0v) is 10.5. The van der Waals surface area contributed by atoms with Gasteiger partial charge in [0, 0.05) is 11.1 Å². The Morgan fingerprint density at radius 2 is 1.78 bits per heavy atom. The van der Waals surface area contributed by atoms with Crippen molar-refractivity contribution in [2.24, 2.45) is 10.2 Å². The third kappa shape index (κ3) is 2.78. The number of anilines is 1. The fourth-order valence-electron chi connectivity index (χ4n) is 1.40. The maximum atomic E-state index is 9.47. The number of nitrogens with two attached hydrogens (primary N) is 1. The Hall–Kier alpha value is -2.07. The summed E-state index contributed by atoms with van der Waals surface area (Å²) < 4.78 is 0. The molecule has 3 N–H and O–H groups in total. The second kappa shape index (κ2) is 5.06. The molecule has 0 spiro atoms. The Kier molecular flexibility index (Phi) is 3.48. The Balaban J connectivity index is 2.28. The maximum absolute atomic E-state index is 9.47. The number of phenols is 1. The first-order valence-corrected chi connectivity index (χ1v) is 5.70. The zero-order valence-electron chi connectivity index (χ0n) is 9.76. The van der Waals surface area contributed by atoms with E-state index in [4.69, 9.17) is 17.3 Å². The van der Waals surface area contributed by atoms with Crippen molar-refractivity contribution < 1.29 is 5.11 Å². The number of aryl methyl sites for hydroxylation is 1. The highest BCUT2D eigenvalue weighted by Crippen LogP contribution is 2.31. The molecule has 0 saturated heterocycles. The Morgan fingerprint density at radius 3 is 2.44 bits per heavy atom. The second-order valence-corrected chi connectivity index (χ2v) is 4.31. The van der Waals surface area contributed by atoms with E-state index in [0.29, 0.717) is 27.6 Å². The van der Waals surface area contributed by atoms with Crippen molar-refractivity contribution in [2.45, 2.75) is 6.92 Å². The van der Waals surface area contributed by atoms with Gasteiger partial charge in [-0.25, -0.2) is 0 Å². The highest BCUT2D eigenvalue weighted by Gasteiger charge is 2.03. The Bertz CT molecular complexity index is 594. The van der Waals surface area contributed by atoms with Crippen molar-refractivity contribution in [2.75, 3.05) is 5.73 Å². The molecule has 2 aromatic carbocycles. The van der Waals surface area contributed by atoms with E-state index in [2.05, 4.69) is 10.2 Å². The van der Waals surface area contributed by atoms with Crippen molar-refractivity contribution in [1.82, 2.24) is 0 Å². The number of phenolic OH excluding ortho intramolecular Hbond substituents is 1. The van der Waals surface area contributed by atoms with Crippen LogP contribution in [0.3, 0.4) is 0 Å². The predicted molar refractivity (Wildman–Crippen MR) is 72.9 cm³/mol. The summed E-state index contributed by atoms with van der Waals surface area (Å²) in [6.45, 7) is 1.77. The minimum Gasteiger partial charge on any atom is -0.508 e. The van der Waals surface area contributed by atoms with E-state index in [0.717, 1.165) is 0 Å². The highest BCUT2D eigenvalue weighted by atomic mass is 35.5. The average molecular weight is 262 g/mol. The number of halogens is 1. The van der Waals surface area contributed by atoms with E-state index in [1.54, 1.807) is 37.3 Å². The van der Waals surface area contributed by atoms with Crippen molar-refractivity contribution in [3.05, 3.63) is 47.0 Å². The molecular weight excluding hydrogens is 250 g/mol. The lowest BCUT2D eigenvalue weighted by Gasteiger charge is -2.03. The molecule has 5 heteroatoms. The largest absolute Gasteiger partial charge is 0.508 e. The van der Waals surface area contributed by atoms with E-state index < -0.39 is 0 Å². The normalized spacial score (nSPS) is 11.0. The number of aromatic hydroxyl groups is 1. The lowest BCUT2D eigenvalue weighted by atomic mass is 10.2. The smallest absolute Gasteiger partial charge is 0.120 e. The van der Waals surface area contributed by atoms with Crippen LogP contribution >= 0.6 is 11.6 Å². The van der Waals surface area contributed by atoms with Gasteiger partial charge < -0.3 is 10.8 Å². The van der Waals surface area contributed by atoms with E-state index >= 15 is 0 Å². The molecule has 0 heterocycles. The number of nitrogen functional groups attached to an aromatic ring is 1. The van der Waals surface area contributed by atoms with Gasteiger partial charge in [-0.2, -0.15) is 5.11 Å². The second-order valence-electron chi connectivity index (χ2n) is 3.87. The van der Waals surface area contributed by atoms with Gasteiger partial charge in [-0.3, -0.25) is 0 Å². The zero-order chi connectivity index (χ0) is 13.1. The van der Waals surface area contributed by atoms with Crippen molar-refractivity contribution >= 4 is 28.7 Å². The van der Waals surface area contributed by atoms with Gasteiger partial charge >= 0.3 is 0 Å². The first-order valence-electron chi connectivity index (χ1n) is 5.32. The summed E-state index contributed by atoms with van der Waals surface area (Å²) >= 11 is 5.77. The van der Waals surface area contributed by atoms with Crippen LogP contribution in [0.15, 0.2) is 46.6 Å². The SMILES string of the molecule is Cc1cc(N=Nc2ccc(Cl)cc2)c(N)cc1O. The molecule has 2 rings (SSSR count). The van der Waals surface area contributed by atoms with Gasteiger partial charge in [-0.05, 0) is 42.8 Å². The van der Waals surface area contributed by atoms with Crippen molar-refractivity contribution in [3.8, 4) is 5.75 Å². The third-order valence-corrected chi connectivity index (χ3v) is 2.70. The van der Waals surface area contributed by atoms with Gasteiger partial charge in [0.25, 0.3) is 0 Å². The molecule has 0 saturated carbocycles. The fraction of sp³-hybridized carbons (Fsp3) is 0.0769. The van der Waals surface area contributed by atoms with E-state index in [1.165, 1.54) is 6.07 Å². The molecule has 0 unspecified atom stereocenters. The molecule has 0 fully saturated rings. The molecule has 18 heavy (non-hydrogen) atoms. The minimum atomic E-state index is 0.151. The molecule has 2 aromatic rings. The summed E-state index contributed by atoms with van der Waals surface area (Å²) in [5.41, 5.74) is 8.04. The van der Waals surface area contributed by atoms with Gasteiger partial charge in [-0.15, -0.1) is 5.11 Å². The van der Waals surface area contributed by atoms with Gasteiger partial charge in [-0.1, -0.05) is 11.6 Å². The van der Waals surface area contributed by atoms with Gasteiger partial charge in [0.15, 0.2) is 0 Å².